The van der Waals surface area contributed by atoms with E-state index in [2.05, 4.69) is 50.4 Å². The van der Waals surface area contributed by atoms with Gasteiger partial charge in [0.2, 0.25) is 11.8 Å². The van der Waals surface area contributed by atoms with Crippen molar-refractivity contribution in [2.24, 2.45) is 5.41 Å². The molecule has 0 aliphatic carbocycles. The first-order chi connectivity index (χ1) is 31.9. The highest BCUT2D eigenvalue weighted by Crippen LogP contribution is 2.56. The van der Waals surface area contributed by atoms with Crippen molar-refractivity contribution in [2.75, 3.05) is 37.8 Å². The van der Waals surface area contributed by atoms with Crippen LogP contribution in [0, 0.1) is 5.41 Å². The molecule has 0 saturated carbocycles. The molecule has 0 radical (unpaired) electrons. The van der Waals surface area contributed by atoms with Crippen molar-refractivity contribution < 1.29 is 85.6 Å². The van der Waals surface area contributed by atoms with E-state index in [4.69, 9.17) is 10.5 Å². The molecule has 2 aromatic rings. The average molecular weight is 1050 g/mol. The lowest BCUT2D eigenvalue weighted by Gasteiger charge is -2.36. The van der Waals surface area contributed by atoms with Gasteiger partial charge in [0.05, 0.1) is 33.5 Å². The molecule has 29 heteroatoms. The normalized spacial score (nSPS) is 20.4. The number of imidazole rings is 1. The van der Waals surface area contributed by atoms with E-state index in [0.29, 0.717) is 6.42 Å². The van der Waals surface area contributed by atoms with E-state index < -0.39 is 90.7 Å². The lowest BCUT2D eigenvalue weighted by Crippen LogP contribution is -2.46. The predicted molar refractivity (Wildman–Crippen MR) is 239 cm³/mol. The lowest BCUT2D eigenvalue weighted by molar-refractivity contribution is -0.347. The van der Waals surface area contributed by atoms with E-state index in [9.17, 15) is 63.0 Å². The van der Waals surface area contributed by atoms with E-state index in [0.717, 1.165) is 48.2 Å². The van der Waals surface area contributed by atoms with Crippen LogP contribution in [0.15, 0.2) is 12.7 Å². The highest BCUT2D eigenvalue weighted by atomic mass is 32.2. The quantitative estimate of drug-likeness (QED) is 0.0419. The summed E-state index contributed by atoms with van der Waals surface area (Å²) in [6.45, 7) is 2.23. The minimum Gasteiger partial charge on any atom is -0.790 e. The van der Waals surface area contributed by atoms with E-state index >= 15 is 0 Å². The number of nitrogens with zero attached hydrogens (tertiary/aromatic N) is 4. The minimum atomic E-state index is -5.93. The maximum atomic E-state index is 12.6. The van der Waals surface area contributed by atoms with Gasteiger partial charge in [-0.25, -0.2) is 19.3 Å². The van der Waals surface area contributed by atoms with Gasteiger partial charge in [-0.1, -0.05) is 116 Å². The second-order valence-electron chi connectivity index (χ2n) is 17.1. The summed E-state index contributed by atoms with van der Waals surface area (Å²) in [6.07, 6.45) is 8.05. The average Bonchev–Trinajstić information content (AvgIpc) is 3.82. The van der Waals surface area contributed by atoms with Gasteiger partial charge in [0.25, 0.3) is 15.6 Å². The number of hydrogen-bond donors (Lipinski definition) is 6. The number of phosphoric ester groups is 3. The Kier molecular flexibility index (Phi) is 25.6. The van der Waals surface area contributed by atoms with E-state index in [-0.39, 0.29) is 53.8 Å². The molecule has 8 atom stereocenters. The van der Waals surface area contributed by atoms with E-state index in [1.54, 1.807) is 0 Å². The number of carbonyl (C=O) groups excluding carboxylic acids is 3. The number of nitrogens with one attached hydrogen (secondary N) is 2. The smallest absolute Gasteiger partial charge is 0.274 e. The van der Waals surface area contributed by atoms with Crippen LogP contribution in [-0.4, -0.2) is 114 Å². The number of fused-ring (bicyclic) bond motifs is 1. The van der Waals surface area contributed by atoms with Crippen molar-refractivity contribution in [2.45, 2.75) is 160 Å². The molecular weight excluding hydrogens is 979 g/mol. The molecule has 0 aromatic carbocycles. The number of thioether (sulfide) groups is 1. The first-order valence-corrected chi connectivity index (χ1v) is 28.0. The molecule has 3 rings (SSSR count). The number of nitrogen functional groups attached to an aromatic ring is 1. The van der Waals surface area contributed by atoms with Gasteiger partial charge in [0.15, 0.2) is 22.8 Å². The van der Waals surface area contributed by atoms with Gasteiger partial charge in [-0.2, -0.15) is 0 Å². The van der Waals surface area contributed by atoms with Crippen LogP contribution in [-0.2, 0) is 50.7 Å². The lowest BCUT2D eigenvalue weighted by atomic mass is 9.87. The van der Waals surface area contributed by atoms with Crippen molar-refractivity contribution in [1.29, 1.82) is 0 Å². The summed E-state index contributed by atoms with van der Waals surface area (Å²) in [4.78, 5) is 96.9. The SMILES string of the molecule is CCCCCCCCCCCCCCCC(O)CC(=O)SCCNC(=O)CCNC(=O)[C@H](O)C(C)(C)COP(=O)([O-])OP(=O)([O-])OC[C@H]1O[C@@H](n2cnc3c(N)ncnc32)[C@H](O)[C@@H]1OP(=O)([O-])[O-]. The number of anilines is 1. The van der Waals surface area contributed by atoms with Crippen LogP contribution in [0.1, 0.15) is 130 Å². The summed E-state index contributed by atoms with van der Waals surface area (Å²) >= 11 is 0.989. The summed E-state index contributed by atoms with van der Waals surface area (Å²) < 4.78 is 60.8. The van der Waals surface area contributed by atoms with Gasteiger partial charge < -0.3 is 74.1 Å². The molecule has 2 aromatic heterocycles. The Morgan fingerprint density at radius 3 is 2.12 bits per heavy atom. The zero-order valence-electron chi connectivity index (χ0n) is 38.5. The maximum Gasteiger partial charge on any atom is 0.274 e. The first kappa shape index (κ1) is 59.8. The molecule has 7 N–H and O–H groups in total. The van der Waals surface area contributed by atoms with Crippen LogP contribution in [0.25, 0.3) is 11.2 Å². The third-order valence-electron chi connectivity index (χ3n) is 10.8. The van der Waals surface area contributed by atoms with Crippen LogP contribution in [0.5, 0.6) is 0 Å². The monoisotopic (exact) mass is 1050 g/mol. The number of unbranched alkanes of at least 4 members (excludes halogenated alkanes) is 12. The Balaban J connectivity index is 1.31. The van der Waals surface area contributed by atoms with Gasteiger partial charge in [0, 0.05) is 37.1 Å². The van der Waals surface area contributed by atoms with E-state index in [1.807, 2.05) is 0 Å². The summed E-state index contributed by atoms with van der Waals surface area (Å²) in [5.74, 6) is -1.32. The van der Waals surface area contributed by atoms with Crippen molar-refractivity contribution in [3.05, 3.63) is 12.7 Å². The number of aromatic nitrogens is 4. The van der Waals surface area contributed by atoms with Crippen LogP contribution in [0.3, 0.4) is 0 Å². The highest BCUT2D eigenvalue weighted by molar-refractivity contribution is 8.13. The Morgan fingerprint density at radius 1 is 0.897 bits per heavy atom. The molecule has 3 unspecified atom stereocenters. The molecular formula is C39H66N7O18P3S-4. The zero-order chi connectivity index (χ0) is 50.5. The third-order valence-corrected chi connectivity index (χ3v) is 14.7. The molecule has 3 heterocycles. The molecule has 1 aliphatic rings. The van der Waals surface area contributed by atoms with Crippen molar-refractivity contribution in [3.63, 3.8) is 0 Å². The number of hydrogen-bond acceptors (Lipinski definition) is 23. The van der Waals surface area contributed by atoms with Crippen LogP contribution < -0.4 is 35.9 Å². The molecule has 0 spiro atoms. The van der Waals surface area contributed by atoms with Crippen LogP contribution >= 0.6 is 35.2 Å². The largest absolute Gasteiger partial charge is 0.790 e. The standard InChI is InChI=1S/C39H70N7O18P3S/c1-4-5-6-7-8-9-10-11-12-13-14-15-16-17-27(47)22-30(49)68-21-20-41-29(48)18-19-42-37(52)34(51)39(2,3)24-61-67(58,59)64-66(56,57)60-23-28-33(63-65(53,54)55)32(50)38(62-28)46-26-45-31-35(40)43-25-44-36(31)46/h25-28,32-34,38,47,50-51H,4-24H2,1-3H3,(H,41,48)(H,42,52)(H,56,57)(H,58,59)(H2,40,43,44)(H2,53,54,55)/p-4/t27?,28-,32-,33-,34+,38-/m1/s1. The van der Waals surface area contributed by atoms with Gasteiger partial charge in [-0.3, -0.25) is 28.1 Å². The van der Waals surface area contributed by atoms with Gasteiger partial charge in [0.1, 0.15) is 36.3 Å². The van der Waals surface area contributed by atoms with Crippen molar-refractivity contribution in [3.8, 4) is 0 Å². The number of carbonyl (C=O) groups is 3. The van der Waals surface area contributed by atoms with Gasteiger partial charge in [-0.15, -0.1) is 0 Å². The van der Waals surface area contributed by atoms with Gasteiger partial charge >= 0.3 is 0 Å². The molecule has 68 heavy (non-hydrogen) atoms. The fourth-order valence-electron chi connectivity index (χ4n) is 7.02. The fraction of sp³-hybridized carbons (Fsp3) is 0.795. The molecule has 1 fully saturated rings. The molecule has 0 bridgehead atoms. The molecule has 390 valence electrons. The number of aliphatic hydroxyl groups excluding tert-OH is 3. The Bertz CT molecular complexity index is 2030. The minimum absolute atomic E-state index is 0.0171. The number of rotatable bonds is 35. The number of phosphoric acid groups is 3. The number of ether oxygens (including phenoxy) is 1. The topological polar surface area (TPSA) is 395 Å². The summed E-state index contributed by atoms with van der Waals surface area (Å²) in [6, 6.07) is 0. The van der Waals surface area contributed by atoms with Gasteiger partial charge in [-0.05, 0) is 6.42 Å². The Morgan fingerprint density at radius 2 is 1.50 bits per heavy atom. The van der Waals surface area contributed by atoms with E-state index in [1.165, 1.54) is 78.1 Å². The Hall–Kier alpha value is -2.48. The fourth-order valence-corrected chi connectivity index (χ4v) is 10.5. The second kappa shape index (κ2) is 29.1. The van der Waals surface area contributed by atoms with Crippen LogP contribution in [0.4, 0.5) is 5.82 Å². The molecule has 2 amide bonds. The predicted octanol–water partition coefficient (Wildman–Crippen LogP) is 1.37. The molecule has 1 aliphatic heterocycles. The molecule has 25 nitrogen and oxygen atoms in total. The van der Waals surface area contributed by atoms with Crippen LogP contribution in [0.2, 0.25) is 0 Å². The first-order valence-electron chi connectivity index (χ1n) is 22.6. The zero-order valence-corrected chi connectivity index (χ0v) is 42.0. The number of amides is 2. The Labute approximate surface area is 399 Å². The van der Waals surface area contributed by atoms with Crippen molar-refractivity contribution >= 4 is 69.1 Å². The summed E-state index contributed by atoms with van der Waals surface area (Å²) in [5.41, 5.74) is 4.06. The maximum absolute atomic E-state index is 12.6. The molecule has 1 saturated heterocycles. The highest BCUT2D eigenvalue weighted by Gasteiger charge is 2.47. The summed E-state index contributed by atoms with van der Waals surface area (Å²) in [7, 11) is -17.6. The van der Waals surface area contributed by atoms with Crippen molar-refractivity contribution in [1.82, 2.24) is 30.2 Å². The second-order valence-corrected chi connectivity index (χ2v) is 22.3. The number of aliphatic hydroxyl groups is 3. The number of nitrogens with two attached hydrogens (primary N) is 1. The summed E-state index contributed by atoms with van der Waals surface area (Å²) in [5, 5.41) is 36.4. The third kappa shape index (κ3) is 21.9.